The molecule has 0 saturated heterocycles. The van der Waals surface area contributed by atoms with E-state index in [2.05, 4.69) is 45.6 Å². The smallest absolute Gasteiger partial charge is 0.264 e. The highest BCUT2D eigenvalue weighted by Gasteiger charge is 2.09. The van der Waals surface area contributed by atoms with Gasteiger partial charge in [-0.15, -0.1) is 11.3 Å². The molecule has 0 saturated carbocycles. The Morgan fingerprint density at radius 2 is 1.84 bits per heavy atom. The Morgan fingerprint density at radius 1 is 1.10 bits per heavy atom. The van der Waals surface area contributed by atoms with Crippen molar-refractivity contribution < 1.29 is 9.53 Å². The third-order valence-corrected chi connectivity index (χ3v) is 6.17. The third kappa shape index (κ3) is 5.66. The number of nitrogens with one attached hydrogen (secondary N) is 2. The molecule has 0 fully saturated rings. The van der Waals surface area contributed by atoms with Crippen molar-refractivity contribution in [3.63, 3.8) is 0 Å². The number of thiocarbonyl (C=S) groups is 1. The molecule has 3 aromatic carbocycles. The molecule has 5 nitrogen and oxygen atoms in total. The Kier molecular flexibility index (Phi) is 6.60. The summed E-state index contributed by atoms with van der Waals surface area (Å²) in [4.78, 5) is 16.8. The Morgan fingerprint density at radius 3 is 2.58 bits per heavy atom. The summed E-state index contributed by atoms with van der Waals surface area (Å²) in [6.45, 7) is 1.95. The molecule has 0 spiro atoms. The molecule has 4 aromatic rings. The van der Waals surface area contributed by atoms with Gasteiger partial charge in [-0.1, -0.05) is 22.0 Å². The van der Waals surface area contributed by atoms with Gasteiger partial charge in [-0.3, -0.25) is 10.1 Å². The van der Waals surface area contributed by atoms with Crippen molar-refractivity contribution in [1.82, 2.24) is 10.3 Å². The fourth-order valence-corrected chi connectivity index (χ4v) is 4.42. The lowest BCUT2D eigenvalue weighted by Gasteiger charge is -2.10. The highest BCUT2D eigenvalue weighted by Crippen LogP contribution is 2.31. The minimum atomic E-state index is -0.332. The van der Waals surface area contributed by atoms with Crippen LogP contribution in [0.3, 0.4) is 0 Å². The number of halogens is 1. The van der Waals surface area contributed by atoms with Gasteiger partial charge in [-0.05, 0) is 85.4 Å². The second kappa shape index (κ2) is 9.55. The molecule has 156 valence electrons. The van der Waals surface area contributed by atoms with Crippen LogP contribution in [-0.4, -0.2) is 22.6 Å². The third-order valence-electron chi connectivity index (χ3n) is 4.37. The van der Waals surface area contributed by atoms with E-state index in [4.69, 9.17) is 21.9 Å². The minimum Gasteiger partial charge on any atom is -0.484 e. The van der Waals surface area contributed by atoms with Crippen LogP contribution in [0.5, 0.6) is 5.75 Å². The van der Waals surface area contributed by atoms with Crippen molar-refractivity contribution in [2.45, 2.75) is 6.92 Å². The average molecular weight is 512 g/mol. The first kappa shape index (κ1) is 21.4. The number of hydrogen-bond donors (Lipinski definition) is 2. The number of carbonyl (C=O) groups excluding carboxylic acids is 1. The van der Waals surface area contributed by atoms with Gasteiger partial charge in [0.1, 0.15) is 10.8 Å². The number of ether oxygens (including phenoxy) is 1. The number of fused-ring (bicyclic) bond motifs is 1. The summed E-state index contributed by atoms with van der Waals surface area (Å²) in [5.41, 5.74) is 4.03. The van der Waals surface area contributed by atoms with Gasteiger partial charge in [-0.25, -0.2) is 4.98 Å². The number of nitrogens with zero attached hydrogens (tertiary/aromatic N) is 1. The largest absolute Gasteiger partial charge is 0.484 e. The fourth-order valence-electron chi connectivity index (χ4n) is 2.86. The molecule has 0 bridgehead atoms. The number of benzene rings is 3. The van der Waals surface area contributed by atoms with Gasteiger partial charge >= 0.3 is 0 Å². The van der Waals surface area contributed by atoms with E-state index in [9.17, 15) is 4.79 Å². The Balaban J connectivity index is 1.32. The molecule has 1 heterocycles. The fraction of sp³-hybridized carbons (Fsp3) is 0.0870. The number of carbonyl (C=O) groups is 1. The molecular weight excluding hydrogens is 494 g/mol. The first-order valence-electron chi connectivity index (χ1n) is 9.43. The first-order chi connectivity index (χ1) is 15.0. The molecule has 2 N–H and O–H groups in total. The van der Waals surface area contributed by atoms with Gasteiger partial charge in [0.25, 0.3) is 5.91 Å². The molecule has 31 heavy (non-hydrogen) atoms. The van der Waals surface area contributed by atoms with Crippen LogP contribution in [-0.2, 0) is 4.79 Å². The molecule has 8 heteroatoms. The van der Waals surface area contributed by atoms with E-state index in [0.717, 1.165) is 26.2 Å². The molecule has 4 rings (SSSR count). The molecule has 0 radical (unpaired) electrons. The number of hydrogen-bond acceptors (Lipinski definition) is 5. The van der Waals surface area contributed by atoms with Crippen LogP contribution in [0, 0.1) is 6.92 Å². The Labute approximate surface area is 197 Å². The summed E-state index contributed by atoms with van der Waals surface area (Å²) >= 11 is 10.2. The number of thiazole rings is 1. The van der Waals surface area contributed by atoms with Crippen molar-refractivity contribution in [2.75, 3.05) is 11.9 Å². The Hall–Kier alpha value is -2.81. The minimum absolute atomic E-state index is 0.126. The van der Waals surface area contributed by atoms with Gasteiger partial charge in [0.05, 0.1) is 10.2 Å². The molecule has 0 aliphatic carbocycles. The van der Waals surface area contributed by atoms with E-state index in [0.29, 0.717) is 5.75 Å². The maximum absolute atomic E-state index is 12.1. The summed E-state index contributed by atoms with van der Waals surface area (Å²) < 4.78 is 7.56. The van der Waals surface area contributed by atoms with E-state index in [1.54, 1.807) is 23.5 Å². The first-order valence-corrected chi connectivity index (χ1v) is 11.4. The molecule has 1 aromatic heterocycles. The number of amides is 1. The highest BCUT2D eigenvalue weighted by atomic mass is 79.9. The molecule has 0 aliphatic rings. The van der Waals surface area contributed by atoms with Crippen LogP contribution in [0.1, 0.15) is 5.56 Å². The van der Waals surface area contributed by atoms with Crippen LogP contribution in [0.4, 0.5) is 5.69 Å². The predicted molar refractivity (Wildman–Crippen MR) is 134 cm³/mol. The zero-order valence-electron chi connectivity index (χ0n) is 16.5. The van der Waals surface area contributed by atoms with Crippen molar-refractivity contribution in [2.24, 2.45) is 0 Å². The normalized spacial score (nSPS) is 10.6. The van der Waals surface area contributed by atoms with Crippen LogP contribution < -0.4 is 15.4 Å². The van der Waals surface area contributed by atoms with E-state index in [1.165, 1.54) is 10.3 Å². The lowest BCUT2D eigenvalue weighted by Crippen LogP contribution is -2.37. The predicted octanol–water partition coefficient (Wildman–Crippen LogP) is 5.93. The molecule has 0 atom stereocenters. The molecule has 1 amide bonds. The monoisotopic (exact) mass is 511 g/mol. The van der Waals surface area contributed by atoms with Crippen molar-refractivity contribution in [3.8, 4) is 16.3 Å². The molecular formula is C23H18BrN3O2S2. The number of rotatable bonds is 5. The van der Waals surface area contributed by atoms with E-state index < -0.39 is 0 Å². The Bertz CT molecular complexity index is 1240. The maximum atomic E-state index is 12.1. The van der Waals surface area contributed by atoms with Crippen LogP contribution >= 0.6 is 39.5 Å². The van der Waals surface area contributed by atoms with E-state index in [-0.39, 0.29) is 17.6 Å². The molecule has 0 aliphatic heterocycles. The summed E-state index contributed by atoms with van der Waals surface area (Å²) in [6, 6.07) is 21.3. The van der Waals surface area contributed by atoms with Crippen molar-refractivity contribution in [1.29, 1.82) is 0 Å². The standard InChI is InChI=1S/C23H18BrN3O2S2/c1-14-2-11-19-20(12-14)31-22(26-19)15-3-7-17(8-4-15)25-23(30)27-21(28)13-29-18-9-5-16(24)6-10-18/h2-12H,13H2,1H3,(H2,25,27,28,30). The lowest BCUT2D eigenvalue weighted by atomic mass is 10.2. The highest BCUT2D eigenvalue weighted by molar-refractivity contribution is 9.10. The lowest BCUT2D eigenvalue weighted by molar-refractivity contribution is -0.121. The number of aryl methyl sites for hydroxylation is 1. The molecule has 0 unspecified atom stereocenters. The summed E-state index contributed by atoms with van der Waals surface area (Å²) in [5.74, 6) is 0.277. The maximum Gasteiger partial charge on any atom is 0.264 e. The number of anilines is 1. The van der Waals surface area contributed by atoms with Crippen molar-refractivity contribution >= 4 is 66.4 Å². The zero-order valence-corrected chi connectivity index (χ0v) is 19.7. The van der Waals surface area contributed by atoms with Crippen molar-refractivity contribution in [3.05, 3.63) is 76.8 Å². The van der Waals surface area contributed by atoms with E-state index in [1.807, 2.05) is 42.5 Å². The number of aromatic nitrogens is 1. The van der Waals surface area contributed by atoms with Gasteiger partial charge in [0, 0.05) is 15.7 Å². The zero-order chi connectivity index (χ0) is 21.8. The SMILES string of the molecule is Cc1ccc2nc(-c3ccc(NC(=S)NC(=O)COc4ccc(Br)cc4)cc3)sc2c1. The van der Waals surface area contributed by atoms with Crippen LogP contribution in [0.15, 0.2) is 71.2 Å². The topological polar surface area (TPSA) is 63.2 Å². The summed E-state index contributed by atoms with van der Waals surface area (Å²) in [7, 11) is 0. The van der Waals surface area contributed by atoms with Crippen LogP contribution in [0.2, 0.25) is 0 Å². The second-order valence-corrected chi connectivity index (χ2v) is 9.17. The van der Waals surface area contributed by atoms with E-state index >= 15 is 0 Å². The van der Waals surface area contributed by atoms with Gasteiger partial charge in [-0.2, -0.15) is 0 Å². The van der Waals surface area contributed by atoms with Gasteiger partial charge in [0.2, 0.25) is 0 Å². The summed E-state index contributed by atoms with van der Waals surface area (Å²) in [6.07, 6.45) is 0. The quantitative estimate of drug-likeness (QED) is 0.325. The van der Waals surface area contributed by atoms with Crippen LogP contribution in [0.25, 0.3) is 20.8 Å². The van der Waals surface area contributed by atoms with Gasteiger partial charge in [0.15, 0.2) is 11.7 Å². The average Bonchev–Trinajstić information content (AvgIpc) is 3.17. The van der Waals surface area contributed by atoms with Gasteiger partial charge < -0.3 is 10.1 Å². The second-order valence-electron chi connectivity index (χ2n) is 6.81. The summed E-state index contributed by atoms with van der Waals surface area (Å²) in [5, 5.41) is 6.81.